The third-order valence-electron chi connectivity index (χ3n) is 6.18. The number of rotatable bonds is 3. The van der Waals surface area contributed by atoms with E-state index in [0.717, 1.165) is 22.5 Å². The van der Waals surface area contributed by atoms with Crippen LogP contribution in [0, 0.1) is 11.3 Å². The molecule has 37 heavy (non-hydrogen) atoms. The van der Waals surface area contributed by atoms with E-state index in [1.807, 2.05) is 56.7 Å². The lowest BCUT2D eigenvalue weighted by molar-refractivity contribution is 0.0159. The molecule has 0 bridgehead atoms. The van der Waals surface area contributed by atoms with Gasteiger partial charge >= 0.3 is 6.09 Å². The van der Waals surface area contributed by atoms with Gasteiger partial charge in [-0.25, -0.2) is 19.7 Å². The number of hydrogen-bond donors (Lipinski definition) is 0. The first-order chi connectivity index (χ1) is 17.7. The molecule has 0 unspecified atom stereocenters. The fourth-order valence-corrected chi connectivity index (χ4v) is 4.54. The molecule has 1 amide bonds. The van der Waals surface area contributed by atoms with Gasteiger partial charge in [0.1, 0.15) is 23.6 Å². The van der Waals surface area contributed by atoms with Crippen LogP contribution in [0.5, 0.6) is 0 Å². The Hall–Kier alpha value is -4.52. The average Bonchev–Trinajstić information content (AvgIpc) is 3.28. The van der Waals surface area contributed by atoms with Gasteiger partial charge in [-0.2, -0.15) is 5.26 Å². The second-order valence-corrected chi connectivity index (χ2v) is 10.0. The van der Waals surface area contributed by atoms with Gasteiger partial charge in [0, 0.05) is 49.8 Å². The molecule has 4 aromatic rings. The first-order valence-corrected chi connectivity index (χ1v) is 12.1. The fourth-order valence-electron chi connectivity index (χ4n) is 4.54. The zero-order chi connectivity index (χ0) is 26.2. The Morgan fingerprint density at radius 1 is 1.11 bits per heavy atom. The highest BCUT2D eigenvalue weighted by molar-refractivity contribution is 6.01. The molecule has 1 saturated heterocycles. The Balaban J connectivity index is 1.58. The number of aromatic nitrogens is 5. The van der Waals surface area contributed by atoms with Crippen molar-refractivity contribution < 1.29 is 9.53 Å². The van der Waals surface area contributed by atoms with Crippen molar-refractivity contribution in [2.24, 2.45) is 0 Å². The van der Waals surface area contributed by atoms with Crippen LogP contribution in [0.2, 0.25) is 0 Å². The Morgan fingerprint density at radius 3 is 2.65 bits per heavy atom. The van der Waals surface area contributed by atoms with Gasteiger partial charge in [-0.05, 0) is 52.0 Å². The molecule has 0 saturated carbocycles. The van der Waals surface area contributed by atoms with Crippen LogP contribution in [0.3, 0.4) is 0 Å². The Bertz CT molecular complexity index is 1490. The molecule has 5 rings (SSSR count). The number of nitrogens with zero attached hydrogens (tertiary/aromatic N) is 8. The summed E-state index contributed by atoms with van der Waals surface area (Å²) in [6, 6.07) is 11.2. The number of piperazine rings is 1. The van der Waals surface area contributed by atoms with Gasteiger partial charge in [0.2, 0.25) is 0 Å². The molecule has 10 heteroatoms. The Kier molecular flexibility index (Phi) is 6.21. The molecule has 1 aliphatic heterocycles. The Morgan fingerprint density at radius 2 is 1.95 bits per heavy atom. The summed E-state index contributed by atoms with van der Waals surface area (Å²) >= 11 is 0. The quantitative estimate of drug-likeness (QED) is 0.415. The number of carbonyl (C=O) groups excluding carboxylic acids is 1. The maximum absolute atomic E-state index is 12.7. The molecule has 0 spiro atoms. The lowest BCUT2D eigenvalue weighted by atomic mass is 10.1. The highest BCUT2D eigenvalue weighted by atomic mass is 16.6. The largest absolute Gasteiger partial charge is 0.444 e. The van der Waals surface area contributed by atoms with Gasteiger partial charge in [0.25, 0.3) is 0 Å². The number of hydrogen-bond acceptors (Lipinski definition) is 8. The van der Waals surface area contributed by atoms with Crippen LogP contribution in [0.15, 0.2) is 55.2 Å². The minimum Gasteiger partial charge on any atom is -0.444 e. The second kappa shape index (κ2) is 9.50. The van der Waals surface area contributed by atoms with Gasteiger partial charge in [-0.1, -0.05) is 6.07 Å². The van der Waals surface area contributed by atoms with Crippen LogP contribution in [-0.2, 0) is 4.74 Å². The smallest absolute Gasteiger partial charge is 0.410 e. The van der Waals surface area contributed by atoms with E-state index in [0.29, 0.717) is 36.7 Å². The zero-order valence-electron chi connectivity index (χ0n) is 21.3. The number of pyridine rings is 2. The summed E-state index contributed by atoms with van der Waals surface area (Å²) < 4.78 is 7.48. The molecule has 1 aliphatic rings. The summed E-state index contributed by atoms with van der Waals surface area (Å²) in [4.78, 5) is 35.0. The van der Waals surface area contributed by atoms with Crippen LogP contribution >= 0.6 is 0 Å². The lowest BCUT2D eigenvalue weighted by Crippen LogP contribution is -2.55. The van der Waals surface area contributed by atoms with Gasteiger partial charge in [0.15, 0.2) is 5.65 Å². The van der Waals surface area contributed by atoms with Crippen LogP contribution in [-0.4, -0.2) is 66.8 Å². The predicted molar refractivity (Wildman–Crippen MR) is 139 cm³/mol. The molecular formula is C27H28N8O2. The summed E-state index contributed by atoms with van der Waals surface area (Å²) in [6.45, 7) is 9.30. The van der Waals surface area contributed by atoms with E-state index in [1.165, 1.54) is 6.33 Å². The molecule has 0 aromatic carbocycles. The van der Waals surface area contributed by atoms with Gasteiger partial charge in [0.05, 0.1) is 22.7 Å². The van der Waals surface area contributed by atoms with Gasteiger partial charge in [-0.3, -0.25) is 9.55 Å². The zero-order valence-corrected chi connectivity index (χ0v) is 21.3. The molecule has 4 aromatic heterocycles. The SMILES string of the molecule is C[C@@H]1CN(c2ncnc3c2c(-c2ccccn2)cn3-c2cc(C#N)ccn2)CCN1C(=O)OC(C)(C)C. The van der Waals surface area contributed by atoms with E-state index in [2.05, 4.69) is 30.9 Å². The summed E-state index contributed by atoms with van der Waals surface area (Å²) in [5, 5.41) is 10.2. The van der Waals surface area contributed by atoms with E-state index >= 15 is 0 Å². The van der Waals surface area contributed by atoms with Crippen molar-refractivity contribution in [1.29, 1.82) is 5.26 Å². The maximum atomic E-state index is 12.7. The first-order valence-electron chi connectivity index (χ1n) is 12.1. The topological polar surface area (TPSA) is 113 Å². The van der Waals surface area contributed by atoms with Crippen LogP contribution < -0.4 is 4.90 Å². The van der Waals surface area contributed by atoms with Gasteiger partial charge < -0.3 is 14.5 Å². The molecule has 1 atom stereocenters. The van der Waals surface area contributed by atoms with Crippen molar-refractivity contribution in [1.82, 2.24) is 29.4 Å². The van der Waals surface area contributed by atoms with Crippen LogP contribution in [0.4, 0.5) is 10.6 Å². The Labute approximate surface area is 215 Å². The average molecular weight is 497 g/mol. The minimum atomic E-state index is -0.551. The van der Waals surface area contributed by atoms with E-state index in [-0.39, 0.29) is 12.1 Å². The minimum absolute atomic E-state index is 0.0806. The fraction of sp³-hybridized carbons (Fsp3) is 0.333. The summed E-state index contributed by atoms with van der Waals surface area (Å²) in [6.07, 6.45) is 6.53. The lowest BCUT2D eigenvalue weighted by Gasteiger charge is -2.40. The van der Waals surface area contributed by atoms with Crippen molar-refractivity contribution >= 4 is 22.9 Å². The number of fused-ring (bicyclic) bond motifs is 1. The summed E-state index contributed by atoms with van der Waals surface area (Å²) in [5.74, 6) is 1.34. The van der Waals surface area contributed by atoms with E-state index < -0.39 is 5.60 Å². The number of anilines is 1. The molecule has 10 nitrogen and oxygen atoms in total. The number of nitriles is 1. The van der Waals surface area contributed by atoms with Gasteiger partial charge in [-0.15, -0.1) is 0 Å². The summed E-state index contributed by atoms with van der Waals surface area (Å²) in [7, 11) is 0. The summed E-state index contributed by atoms with van der Waals surface area (Å²) in [5.41, 5.74) is 2.25. The molecule has 5 heterocycles. The third kappa shape index (κ3) is 4.80. The van der Waals surface area contributed by atoms with Crippen molar-refractivity contribution in [2.75, 3.05) is 24.5 Å². The van der Waals surface area contributed by atoms with Crippen LogP contribution in [0.25, 0.3) is 28.1 Å². The first kappa shape index (κ1) is 24.2. The third-order valence-corrected chi connectivity index (χ3v) is 6.18. The van der Waals surface area contributed by atoms with E-state index in [4.69, 9.17) is 4.74 Å². The van der Waals surface area contributed by atoms with Crippen molar-refractivity contribution in [2.45, 2.75) is 39.3 Å². The van der Waals surface area contributed by atoms with E-state index in [1.54, 1.807) is 29.4 Å². The molecule has 0 radical (unpaired) electrons. The monoisotopic (exact) mass is 496 g/mol. The molecule has 188 valence electrons. The number of carbonyl (C=O) groups is 1. The van der Waals surface area contributed by atoms with Crippen molar-refractivity contribution in [3.63, 3.8) is 0 Å². The van der Waals surface area contributed by atoms with E-state index in [9.17, 15) is 10.1 Å². The number of amides is 1. The predicted octanol–water partition coefficient (Wildman–Crippen LogP) is 4.19. The molecular weight excluding hydrogens is 468 g/mol. The van der Waals surface area contributed by atoms with Crippen molar-refractivity contribution in [3.8, 4) is 23.1 Å². The highest BCUT2D eigenvalue weighted by Gasteiger charge is 2.32. The normalized spacial score (nSPS) is 16.0. The maximum Gasteiger partial charge on any atom is 0.410 e. The second-order valence-electron chi connectivity index (χ2n) is 10.0. The standard InChI is InChI=1S/C27H28N8O2/c1-18-15-33(11-12-34(18)26(36)37-27(2,3)4)24-23-20(21-7-5-6-9-29-21)16-35(25(23)32-17-31-24)22-13-19(14-28)8-10-30-22/h5-10,13,16-18H,11-12,15H2,1-4H3/t18-/m1/s1. The van der Waals surface area contributed by atoms with Crippen molar-refractivity contribution in [3.05, 3.63) is 60.8 Å². The molecule has 1 fully saturated rings. The highest BCUT2D eigenvalue weighted by Crippen LogP contribution is 2.36. The molecule has 0 N–H and O–H groups in total. The molecule has 0 aliphatic carbocycles. The number of ether oxygens (including phenoxy) is 1. The van der Waals surface area contributed by atoms with Crippen LogP contribution in [0.1, 0.15) is 33.3 Å².